The van der Waals surface area contributed by atoms with E-state index < -0.39 is 0 Å². The lowest BCUT2D eigenvalue weighted by atomic mass is 9.94. The van der Waals surface area contributed by atoms with Gasteiger partial charge in [0, 0.05) is 13.5 Å². The fraction of sp³-hybridized carbons (Fsp3) is 0.909. The molecule has 82 valence electrons. The van der Waals surface area contributed by atoms with Crippen molar-refractivity contribution in [1.29, 1.82) is 5.41 Å². The van der Waals surface area contributed by atoms with Crippen molar-refractivity contribution in [2.45, 2.75) is 33.1 Å². The summed E-state index contributed by atoms with van der Waals surface area (Å²) >= 11 is 0. The van der Waals surface area contributed by atoms with Gasteiger partial charge in [0.05, 0.1) is 0 Å². The van der Waals surface area contributed by atoms with Crippen LogP contribution in [0.1, 0.15) is 33.1 Å². The molecule has 0 aromatic heterocycles. The van der Waals surface area contributed by atoms with E-state index in [0.29, 0.717) is 12.5 Å². The molecule has 3 nitrogen and oxygen atoms in total. The van der Waals surface area contributed by atoms with Gasteiger partial charge in [-0.15, -0.1) is 0 Å². The van der Waals surface area contributed by atoms with Crippen molar-refractivity contribution in [1.82, 2.24) is 4.90 Å². The molecule has 0 aromatic carbocycles. The second kappa shape index (κ2) is 6.02. The lowest BCUT2D eigenvalue weighted by molar-refractivity contribution is 0.149. The fourth-order valence-electron chi connectivity index (χ4n) is 1.95. The zero-order valence-corrected chi connectivity index (χ0v) is 9.38. The molecule has 0 unspecified atom stereocenters. The van der Waals surface area contributed by atoms with Crippen LogP contribution in [0.15, 0.2) is 0 Å². The van der Waals surface area contributed by atoms with Crippen LogP contribution in [-0.4, -0.2) is 37.0 Å². The number of ether oxygens (including phenoxy) is 1. The van der Waals surface area contributed by atoms with Crippen molar-refractivity contribution in [3.8, 4) is 0 Å². The van der Waals surface area contributed by atoms with Gasteiger partial charge in [0.2, 0.25) is 0 Å². The molecular formula is C11H22N2O. The number of nitrogens with zero attached hydrogens (tertiary/aromatic N) is 1. The van der Waals surface area contributed by atoms with E-state index in [1.165, 1.54) is 32.4 Å². The van der Waals surface area contributed by atoms with Gasteiger partial charge in [-0.1, -0.05) is 13.3 Å². The van der Waals surface area contributed by atoms with E-state index in [-0.39, 0.29) is 0 Å². The van der Waals surface area contributed by atoms with Crippen molar-refractivity contribution in [3.63, 3.8) is 0 Å². The molecule has 1 rings (SSSR count). The van der Waals surface area contributed by atoms with Crippen LogP contribution in [0, 0.1) is 11.3 Å². The highest BCUT2D eigenvalue weighted by atomic mass is 16.5. The van der Waals surface area contributed by atoms with Gasteiger partial charge in [0.15, 0.2) is 5.90 Å². The number of likely N-dealkylation sites (tertiary alicyclic amines) is 1. The quantitative estimate of drug-likeness (QED) is 0.555. The van der Waals surface area contributed by atoms with Crippen molar-refractivity contribution >= 4 is 5.90 Å². The van der Waals surface area contributed by atoms with Crippen LogP contribution in [0.2, 0.25) is 0 Å². The summed E-state index contributed by atoms with van der Waals surface area (Å²) in [5, 5.41) is 7.13. The van der Waals surface area contributed by atoms with Crippen LogP contribution in [0.5, 0.6) is 0 Å². The van der Waals surface area contributed by atoms with Crippen LogP contribution in [0.3, 0.4) is 0 Å². The van der Waals surface area contributed by atoms with E-state index in [9.17, 15) is 0 Å². The SMILES string of the molecule is CCC1CCN(CCOC(C)=N)CC1. The zero-order valence-electron chi connectivity index (χ0n) is 9.38. The monoisotopic (exact) mass is 198 g/mol. The Balaban J connectivity index is 2.07. The molecule has 1 saturated heterocycles. The third-order valence-electron chi connectivity index (χ3n) is 3.01. The summed E-state index contributed by atoms with van der Waals surface area (Å²) in [4.78, 5) is 2.44. The lowest BCUT2D eigenvalue weighted by Crippen LogP contribution is -2.36. The van der Waals surface area contributed by atoms with Gasteiger partial charge in [-0.25, -0.2) is 0 Å². The highest BCUT2D eigenvalue weighted by Gasteiger charge is 2.16. The molecule has 3 heteroatoms. The Morgan fingerprint density at radius 3 is 2.57 bits per heavy atom. The molecular weight excluding hydrogens is 176 g/mol. The molecule has 0 atom stereocenters. The molecule has 0 amide bonds. The van der Waals surface area contributed by atoms with E-state index in [2.05, 4.69) is 11.8 Å². The van der Waals surface area contributed by atoms with E-state index in [4.69, 9.17) is 10.1 Å². The Labute approximate surface area is 86.9 Å². The number of hydrogen-bond donors (Lipinski definition) is 1. The summed E-state index contributed by atoms with van der Waals surface area (Å²) in [5.74, 6) is 1.27. The molecule has 14 heavy (non-hydrogen) atoms. The van der Waals surface area contributed by atoms with Gasteiger partial charge >= 0.3 is 0 Å². The maximum absolute atomic E-state index is 7.13. The summed E-state index contributed by atoms with van der Waals surface area (Å²) in [6.07, 6.45) is 3.99. The highest BCUT2D eigenvalue weighted by molar-refractivity contribution is 5.69. The number of piperidine rings is 1. The third kappa shape index (κ3) is 4.09. The molecule has 0 radical (unpaired) electrons. The molecule has 0 aromatic rings. The summed E-state index contributed by atoms with van der Waals surface area (Å²) in [6, 6.07) is 0. The molecule has 0 bridgehead atoms. The van der Waals surface area contributed by atoms with Crippen molar-refractivity contribution in [2.24, 2.45) is 5.92 Å². The average Bonchev–Trinajstić information content (AvgIpc) is 2.18. The lowest BCUT2D eigenvalue weighted by Gasteiger charge is -2.31. The van der Waals surface area contributed by atoms with Crippen molar-refractivity contribution in [2.75, 3.05) is 26.2 Å². The predicted molar refractivity (Wildman–Crippen MR) is 58.8 cm³/mol. The van der Waals surface area contributed by atoms with Crippen LogP contribution in [0.4, 0.5) is 0 Å². The van der Waals surface area contributed by atoms with Crippen LogP contribution in [0.25, 0.3) is 0 Å². The van der Waals surface area contributed by atoms with E-state index in [1.54, 1.807) is 6.92 Å². The van der Waals surface area contributed by atoms with E-state index >= 15 is 0 Å². The zero-order chi connectivity index (χ0) is 10.4. The molecule has 0 aliphatic carbocycles. The number of nitrogens with one attached hydrogen (secondary N) is 1. The molecule has 1 aliphatic rings. The number of hydrogen-bond acceptors (Lipinski definition) is 3. The summed E-state index contributed by atoms with van der Waals surface area (Å²) in [6.45, 7) is 8.03. The van der Waals surface area contributed by atoms with Crippen LogP contribution in [-0.2, 0) is 4.74 Å². The smallest absolute Gasteiger partial charge is 0.177 e. The summed E-state index contributed by atoms with van der Waals surface area (Å²) in [5.41, 5.74) is 0. The van der Waals surface area contributed by atoms with E-state index in [1.807, 2.05) is 0 Å². The summed E-state index contributed by atoms with van der Waals surface area (Å²) in [7, 11) is 0. The number of rotatable bonds is 4. The van der Waals surface area contributed by atoms with Gasteiger partial charge in [-0.2, -0.15) is 0 Å². The minimum Gasteiger partial charge on any atom is -0.480 e. The normalized spacial score (nSPS) is 19.6. The molecule has 1 fully saturated rings. The molecule has 1 aliphatic heterocycles. The van der Waals surface area contributed by atoms with Gasteiger partial charge < -0.3 is 4.74 Å². The second-order valence-electron chi connectivity index (χ2n) is 4.10. The maximum atomic E-state index is 7.13. The Bertz CT molecular complexity index is 174. The Morgan fingerprint density at radius 1 is 1.43 bits per heavy atom. The average molecular weight is 198 g/mol. The Morgan fingerprint density at radius 2 is 2.07 bits per heavy atom. The molecule has 1 heterocycles. The fourth-order valence-corrected chi connectivity index (χ4v) is 1.95. The first-order chi connectivity index (χ1) is 6.72. The van der Waals surface area contributed by atoms with Gasteiger partial charge in [-0.3, -0.25) is 10.3 Å². The van der Waals surface area contributed by atoms with Crippen LogP contribution >= 0.6 is 0 Å². The first kappa shape index (κ1) is 11.5. The summed E-state index contributed by atoms with van der Waals surface area (Å²) < 4.78 is 5.14. The van der Waals surface area contributed by atoms with Crippen LogP contribution < -0.4 is 0 Å². The maximum Gasteiger partial charge on any atom is 0.177 e. The topological polar surface area (TPSA) is 36.3 Å². The molecule has 0 saturated carbocycles. The highest BCUT2D eigenvalue weighted by Crippen LogP contribution is 2.19. The van der Waals surface area contributed by atoms with Crippen molar-refractivity contribution < 1.29 is 4.74 Å². The largest absolute Gasteiger partial charge is 0.480 e. The van der Waals surface area contributed by atoms with Crippen molar-refractivity contribution in [3.05, 3.63) is 0 Å². The van der Waals surface area contributed by atoms with Gasteiger partial charge in [0.25, 0.3) is 0 Å². The van der Waals surface area contributed by atoms with E-state index in [0.717, 1.165) is 12.5 Å². The minimum atomic E-state index is 0.327. The van der Waals surface area contributed by atoms with Gasteiger partial charge in [0.1, 0.15) is 6.61 Å². The first-order valence-electron chi connectivity index (χ1n) is 5.62. The predicted octanol–water partition coefficient (Wildman–Crippen LogP) is 2.12. The Hall–Kier alpha value is -0.570. The standard InChI is InChI=1S/C11H22N2O/c1-3-11-4-6-13(7-5-11)8-9-14-10(2)12/h11-12H,3-9H2,1-2H3. The minimum absolute atomic E-state index is 0.327. The first-order valence-corrected chi connectivity index (χ1v) is 5.62. The third-order valence-corrected chi connectivity index (χ3v) is 3.01. The second-order valence-corrected chi connectivity index (χ2v) is 4.10. The molecule has 1 N–H and O–H groups in total. The Kier molecular flexibility index (Phi) is 4.94. The van der Waals surface area contributed by atoms with Gasteiger partial charge in [-0.05, 0) is 31.8 Å². The molecule has 0 spiro atoms.